The minimum atomic E-state index is -2.15. The van der Waals surface area contributed by atoms with Gasteiger partial charge in [-0.3, -0.25) is 0 Å². The molecule has 0 saturated carbocycles. The van der Waals surface area contributed by atoms with Crippen molar-refractivity contribution in [2.24, 2.45) is 7.05 Å². The number of hydrogen-bond donors (Lipinski definition) is 0. The number of rotatable bonds is 1. The van der Waals surface area contributed by atoms with Gasteiger partial charge in [-0.1, -0.05) is 18.2 Å². The summed E-state index contributed by atoms with van der Waals surface area (Å²) in [5, 5.41) is 1.91. The fourth-order valence-corrected chi connectivity index (χ4v) is 3.50. The predicted octanol–water partition coefficient (Wildman–Crippen LogP) is 5.55. The average Bonchev–Trinajstić information content (AvgIpc) is 3.01. The summed E-state index contributed by atoms with van der Waals surface area (Å²) in [6, 6.07) is 11.2. The van der Waals surface area contributed by atoms with Gasteiger partial charge in [0.2, 0.25) is 5.69 Å². The topological polar surface area (TPSA) is 21.4 Å². The molecule has 0 aliphatic carbocycles. The van der Waals surface area contributed by atoms with Crippen LogP contribution < -0.4 is 4.57 Å². The van der Waals surface area contributed by atoms with Gasteiger partial charge in [-0.15, -0.1) is 0 Å². The zero-order valence-corrected chi connectivity index (χ0v) is 14.3. The lowest BCUT2D eigenvalue weighted by molar-refractivity contribution is -0.660. The SMILES string of the molecule is [2H]C([2H])([2H])c1ccc(-c2c(C)ccc3c2oc2ccc([N+]#[C-])c(C)c23)[n+](C)c1. The Kier molecular flexibility index (Phi) is 2.68. The number of benzene rings is 2. The van der Waals surface area contributed by atoms with Crippen LogP contribution in [0.1, 0.15) is 20.8 Å². The van der Waals surface area contributed by atoms with E-state index < -0.39 is 6.85 Å². The van der Waals surface area contributed by atoms with Gasteiger partial charge >= 0.3 is 0 Å². The molecule has 0 aliphatic heterocycles. The van der Waals surface area contributed by atoms with Gasteiger partial charge in [0.25, 0.3) is 0 Å². The maximum atomic E-state index is 7.63. The number of aryl methyl sites for hydroxylation is 4. The summed E-state index contributed by atoms with van der Waals surface area (Å²) in [5.41, 5.74) is 6.15. The van der Waals surface area contributed by atoms with Gasteiger partial charge in [-0.2, -0.15) is 0 Å². The van der Waals surface area contributed by atoms with E-state index >= 15 is 0 Å². The maximum Gasteiger partial charge on any atom is 0.216 e. The van der Waals surface area contributed by atoms with E-state index in [9.17, 15) is 0 Å². The molecule has 2 heterocycles. The molecular weight excluding hydrogens is 308 g/mol. The van der Waals surface area contributed by atoms with Crippen molar-refractivity contribution in [3.63, 3.8) is 0 Å². The highest BCUT2D eigenvalue weighted by atomic mass is 16.3. The smallest absolute Gasteiger partial charge is 0.216 e. The first-order valence-corrected chi connectivity index (χ1v) is 8.06. The lowest BCUT2D eigenvalue weighted by Crippen LogP contribution is -2.31. The monoisotopic (exact) mass is 330 g/mol. The predicted molar refractivity (Wildman–Crippen MR) is 101 cm³/mol. The third-order valence-corrected chi connectivity index (χ3v) is 4.76. The number of fused-ring (bicyclic) bond motifs is 3. The molecule has 0 atom stereocenters. The van der Waals surface area contributed by atoms with Gasteiger partial charge in [0.15, 0.2) is 11.9 Å². The molecule has 0 bridgehead atoms. The van der Waals surface area contributed by atoms with Gasteiger partial charge in [0.1, 0.15) is 18.2 Å². The Balaban J connectivity index is 2.06. The maximum absolute atomic E-state index is 7.63. The highest BCUT2D eigenvalue weighted by molar-refractivity contribution is 6.12. The molecule has 0 amide bonds. The first-order valence-electron chi connectivity index (χ1n) is 9.56. The molecule has 25 heavy (non-hydrogen) atoms. The minimum absolute atomic E-state index is 0.297. The molecule has 4 rings (SSSR count). The van der Waals surface area contributed by atoms with Gasteiger partial charge in [-0.25, -0.2) is 9.41 Å². The number of nitrogens with zero attached hydrogens (tertiary/aromatic N) is 2. The van der Waals surface area contributed by atoms with E-state index in [0.717, 1.165) is 44.3 Å². The summed E-state index contributed by atoms with van der Waals surface area (Å²) in [4.78, 5) is 3.60. The van der Waals surface area contributed by atoms with Crippen molar-refractivity contribution < 1.29 is 13.1 Å². The summed E-state index contributed by atoms with van der Waals surface area (Å²) in [7, 11) is 1.84. The third-order valence-electron chi connectivity index (χ3n) is 4.76. The van der Waals surface area contributed by atoms with Crippen molar-refractivity contribution >= 4 is 27.6 Å². The molecule has 0 saturated heterocycles. The molecule has 3 nitrogen and oxygen atoms in total. The summed E-state index contributed by atoms with van der Waals surface area (Å²) in [6.07, 6.45) is 1.64. The second kappa shape index (κ2) is 5.46. The third kappa shape index (κ3) is 2.22. The van der Waals surface area contributed by atoms with E-state index in [1.165, 1.54) is 0 Å². The van der Waals surface area contributed by atoms with Crippen molar-refractivity contribution in [2.75, 3.05) is 0 Å². The zero-order valence-electron chi connectivity index (χ0n) is 17.3. The van der Waals surface area contributed by atoms with Crippen LogP contribution in [0.15, 0.2) is 47.0 Å². The van der Waals surface area contributed by atoms with Crippen LogP contribution in [0.5, 0.6) is 0 Å². The largest absolute Gasteiger partial charge is 0.455 e. The van der Waals surface area contributed by atoms with E-state index in [0.29, 0.717) is 11.3 Å². The number of aromatic nitrogens is 1. The Morgan fingerprint density at radius 2 is 1.96 bits per heavy atom. The number of furan rings is 1. The van der Waals surface area contributed by atoms with Crippen LogP contribution in [0.3, 0.4) is 0 Å². The molecule has 0 aliphatic rings. The minimum Gasteiger partial charge on any atom is -0.455 e. The number of hydrogen-bond acceptors (Lipinski definition) is 1. The van der Waals surface area contributed by atoms with Gasteiger partial charge in [0, 0.05) is 26.5 Å². The van der Waals surface area contributed by atoms with Crippen molar-refractivity contribution in [1.29, 1.82) is 0 Å². The second-order valence-corrected chi connectivity index (χ2v) is 6.34. The highest BCUT2D eigenvalue weighted by Gasteiger charge is 2.21. The van der Waals surface area contributed by atoms with E-state index in [2.05, 4.69) is 4.85 Å². The van der Waals surface area contributed by atoms with Crippen molar-refractivity contribution in [3.8, 4) is 11.3 Å². The lowest BCUT2D eigenvalue weighted by Gasteiger charge is -2.06. The van der Waals surface area contributed by atoms with E-state index in [1.54, 1.807) is 18.3 Å². The highest BCUT2D eigenvalue weighted by Crippen LogP contribution is 2.40. The van der Waals surface area contributed by atoms with Crippen molar-refractivity contribution in [1.82, 2.24) is 0 Å². The van der Waals surface area contributed by atoms with E-state index in [4.69, 9.17) is 15.1 Å². The average molecular weight is 330 g/mol. The van der Waals surface area contributed by atoms with Crippen LogP contribution in [-0.2, 0) is 7.05 Å². The summed E-state index contributed by atoms with van der Waals surface area (Å²) >= 11 is 0. The molecule has 0 N–H and O–H groups in total. The molecule has 2 aromatic heterocycles. The standard InChI is InChI=1S/C22H19N2O/c1-13-6-10-18(24(5)12-13)20-14(2)7-8-16-21-15(3)17(23-4)9-11-19(21)25-22(16)20/h6-12H,1-3,5H3/q+1/i1D3. The molecule has 3 heteroatoms. The second-order valence-electron chi connectivity index (χ2n) is 6.34. The molecule has 0 spiro atoms. The molecule has 4 aromatic rings. The molecule has 0 unspecified atom stereocenters. The van der Waals surface area contributed by atoms with Crippen LogP contribution in [0, 0.1) is 27.3 Å². The quantitative estimate of drug-likeness (QED) is 0.331. The van der Waals surface area contributed by atoms with E-state index in [1.807, 2.05) is 49.7 Å². The Labute approximate surface area is 151 Å². The van der Waals surface area contributed by atoms with Crippen LogP contribution in [0.2, 0.25) is 0 Å². The Hall–Kier alpha value is -3.12. The van der Waals surface area contributed by atoms with Crippen LogP contribution in [0.4, 0.5) is 5.69 Å². The summed E-state index contributed by atoms with van der Waals surface area (Å²) < 4.78 is 30.9. The summed E-state index contributed by atoms with van der Waals surface area (Å²) in [5.74, 6) is 0. The molecule has 0 radical (unpaired) electrons. The van der Waals surface area contributed by atoms with Crippen LogP contribution in [-0.4, -0.2) is 0 Å². The van der Waals surface area contributed by atoms with E-state index in [-0.39, 0.29) is 0 Å². The Bertz CT molecular complexity index is 1290. The Morgan fingerprint density at radius 3 is 2.68 bits per heavy atom. The lowest BCUT2D eigenvalue weighted by atomic mass is 9.99. The normalized spacial score (nSPS) is 13.4. The molecule has 122 valence electrons. The van der Waals surface area contributed by atoms with Gasteiger partial charge < -0.3 is 4.42 Å². The van der Waals surface area contributed by atoms with Crippen molar-refractivity contribution in [3.05, 3.63) is 70.7 Å². The first-order chi connectivity index (χ1) is 13.2. The van der Waals surface area contributed by atoms with Crippen LogP contribution >= 0.6 is 0 Å². The fourth-order valence-electron chi connectivity index (χ4n) is 3.50. The van der Waals surface area contributed by atoms with Crippen LogP contribution in [0.25, 0.3) is 38.0 Å². The first kappa shape index (κ1) is 12.3. The zero-order chi connectivity index (χ0) is 20.2. The Morgan fingerprint density at radius 1 is 1.12 bits per heavy atom. The van der Waals surface area contributed by atoms with Gasteiger partial charge in [-0.05, 0) is 44.0 Å². The van der Waals surface area contributed by atoms with Crippen molar-refractivity contribution in [2.45, 2.75) is 20.7 Å². The number of pyridine rings is 1. The molecule has 2 aromatic carbocycles. The fraction of sp³-hybridized carbons (Fsp3) is 0.182. The summed E-state index contributed by atoms with van der Waals surface area (Å²) in [6.45, 7) is 9.18. The van der Waals surface area contributed by atoms with Gasteiger partial charge in [0.05, 0.1) is 12.1 Å². The molecular formula is C22H19N2O+. The molecule has 0 fully saturated rings.